The average Bonchev–Trinajstić information content (AvgIpc) is 2.23. The lowest BCUT2D eigenvalue weighted by Gasteiger charge is -2.09. The van der Waals surface area contributed by atoms with E-state index in [0.29, 0.717) is 0 Å². The quantitative estimate of drug-likeness (QED) is 0.415. The van der Waals surface area contributed by atoms with Crippen molar-refractivity contribution in [3.63, 3.8) is 0 Å². The molecule has 43 valence electrons. The van der Waals surface area contributed by atoms with Crippen LogP contribution in [0.15, 0.2) is 12.2 Å². The standard InChI is InChI=1S/C8H11/c1-6-4-7-2-3-8(6)5-7/h2-4,6-8H,5H2,1H3. The molecule has 3 atom stereocenters. The van der Waals surface area contributed by atoms with Crippen LogP contribution in [0.4, 0.5) is 0 Å². The maximum atomic E-state index is 2.46. The maximum absolute atomic E-state index is 2.46. The Morgan fingerprint density at radius 3 is 2.50 bits per heavy atom. The molecule has 0 N–H and O–H groups in total. The SMILES string of the molecule is CC1[CH]C2C=CC1C2. The molecule has 2 aliphatic carbocycles. The second-order valence-corrected chi connectivity index (χ2v) is 3.00. The summed E-state index contributed by atoms with van der Waals surface area (Å²) in [7, 11) is 0. The van der Waals surface area contributed by atoms with E-state index in [9.17, 15) is 0 Å². The van der Waals surface area contributed by atoms with Gasteiger partial charge in [0.1, 0.15) is 0 Å². The van der Waals surface area contributed by atoms with Gasteiger partial charge in [-0.25, -0.2) is 0 Å². The van der Waals surface area contributed by atoms with Crippen molar-refractivity contribution in [2.24, 2.45) is 17.8 Å². The summed E-state index contributed by atoms with van der Waals surface area (Å²) in [5.41, 5.74) is 0. The summed E-state index contributed by atoms with van der Waals surface area (Å²) in [6, 6.07) is 0. The van der Waals surface area contributed by atoms with Gasteiger partial charge in [-0.05, 0) is 30.6 Å². The molecule has 0 heterocycles. The molecule has 2 bridgehead atoms. The van der Waals surface area contributed by atoms with E-state index >= 15 is 0 Å². The molecular weight excluding hydrogens is 96.1 g/mol. The Balaban J connectivity index is 2.23. The lowest BCUT2D eigenvalue weighted by Crippen LogP contribution is -2.00. The zero-order valence-corrected chi connectivity index (χ0v) is 5.17. The van der Waals surface area contributed by atoms with Crippen molar-refractivity contribution in [3.8, 4) is 0 Å². The minimum Gasteiger partial charge on any atom is -0.0848 e. The van der Waals surface area contributed by atoms with Gasteiger partial charge in [0.15, 0.2) is 0 Å². The molecule has 8 heavy (non-hydrogen) atoms. The smallest absolute Gasteiger partial charge is 0.0194 e. The highest BCUT2D eigenvalue weighted by Crippen LogP contribution is 2.41. The summed E-state index contributed by atoms with van der Waals surface area (Å²) in [5, 5.41) is 0. The lowest BCUT2D eigenvalue weighted by molar-refractivity contribution is 0.553. The molecule has 0 spiro atoms. The van der Waals surface area contributed by atoms with Gasteiger partial charge in [-0.1, -0.05) is 19.1 Å². The van der Waals surface area contributed by atoms with Crippen LogP contribution in [0, 0.1) is 24.2 Å². The summed E-state index contributed by atoms with van der Waals surface area (Å²) in [5.74, 6) is 2.61. The van der Waals surface area contributed by atoms with Crippen molar-refractivity contribution in [1.82, 2.24) is 0 Å². The van der Waals surface area contributed by atoms with Gasteiger partial charge in [-0.15, -0.1) is 0 Å². The van der Waals surface area contributed by atoms with E-state index in [-0.39, 0.29) is 0 Å². The Kier molecular flexibility index (Phi) is 0.787. The van der Waals surface area contributed by atoms with Crippen molar-refractivity contribution in [1.29, 1.82) is 0 Å². The zero-order valence-electron chi connectivity index (χ0n) is 5.17. The van der Waals surface area contributed by atoms with Crippen molar-refractivity contribution in [3.05, 3.63) is 18.6 Å². The van der Waals surface area contributed by atoms with E-state index in [2.05, 4.69) is 25.5 Å². The van der Waals surface area contributed by atoms with Gasteiger partial charge in [0.2, 0.25) is 0 Å². The first-order valence-corrected chi connectivity index (χ1v) is 3.39. The molecule has 3 unspecified atom stereocenters. The Morgan fingerprint density at radius 2 is 2.25 bits per heavy atom. The molecule has 2 rings (SSSR count). The van der Waals surface area contributed by atoms with Crippen LogP contribution in [0.5, 0.6) is 0 Å². The van der Waals surface area contributed by atoms with Crippen molar-refractivity contribution < 1.29 is 0 Å². The van der Waals surface area contributed by atoms with Crippen LogP contribution in [0.3, 0.4) is 0 Å². The zero-order chi connectivity index (χ0) is 5.56. The number of fused-ring (bicyclic) bond motifs is 2. The van der Waals surface area contributed by atoms with E-state index < -0.39 is 0 Å². The molecule has 0 aromatic rings. The third-order valence-electron chi connectivity index (χ3n) is 2.38. The fourth-order valence-corrected chi connectivity index (χ4v) is 1.82. The van der Waals surface area contributed by atoms with Crippen LogP contribution in [-0.2, 0) is 0 Å². The fraction of sp³-hybridized carbons (Fsp3) is 0.625. The summed E-state index contributed by atoms with van der Waals surface area (Å²) in [6.45, 7) is 2.31. The van der Waals surface area contributed by atoms with Crippen LogP contribution in [0.1, 0.15) is 13.3 Å². The molecule has 0 aromatic carbocycles. The van der Waals surface area contributed by atoms with Gasteiger partial charge in [0, 0.05) is 0 Å². The molecule has 0 heteroatoms. The van der Waals surface area contributed by atoms with Gasteiger partial charge in [0.05, 0.1) is 0 Å². The summed E-state index contributed by atoms with van der Waals surface area (Å²) in [4.78, 5) is 0. The first-order chi connectivity index (χ1) is 3.86. The highest BCUT2D eigenvalue weighted by molar-refractivity contribution is 5.16. The van der Waals surface area contributed by atoms with Crippen LogP contribution in [-0.4, -0.2) is 0 Å². The van der Waals surface area contributed by atoms with Crippen LogP contribution >= 0.6 is 0 Å². The maximum Gasteiger partial charge on any atom is -0.0194 e. The first kappa shape index (κ1) is 4.60. The molecule has 0 saturated heterocycles. The lowest BCUT2D eigenvalue weighted by atomic mass is 9.96. The van der Waals surface area contributed by atoms with Gasteiger partial charge in [-0.3, -0.25) is 0 Å². The molecule has 0 amide bonds. The fourth-order valence-electron chi connectivity index (χ4n) is 1.82. The predicted octanol–water partition coefficient (Wildman–Crippen LogP) is 2.03. The van der Waals surface area contributed by atoms with E-state index in [1.807, 2.05) is 0 Å². The normalized spacial score (nSPS) is 50.9. The first-order valence-electron chi connectivity index (χ1n) is 3.39. The van der Waals surface area contributed by atoms with E-state index in [1.54, 1.807) is 0 Å². The van der Waals surface area contributed by atoms with Gasteiger partial charge in [-0.2, -0.15) is 0 Å². The second-order valence-electron chi connectivity index (χ2n) is 3.00. The average molecular weight is 107 g/mol. The Labute approximate surface area is 50.6 Å². The molecule has 0 nitrogen and oxygen atoms in total. The predicted molar refractivity (Wildman–Crippen MR) is 34.2 cm³/mol. The summed E-state index contributed by atoms with van der Waals surface area (Å²) in [6.07, 6.45) is 8.58. The highest BCUT2D eigenvalue weighted by atomic mass is 14.4. The molecular formula is C8H11. The molecule has 1 fully saturated rings. The van der Waals surface area contributed by atoms with Gasteiger partial charge < -0.3 is 0 Å². The summed E-state index contributed by atoms with van der Waals surface area (Å²) >= 11 is 0. The third-order valence-corrected chi connectivity index (χ3v) is 2.38. The Morgan fingerprint density at radius 1 is 1.38 bits per heavy atom. The van der Waals surface area contributed by atoms with Crippen molar-refractivity contribution in [2.45, 2.75) is 13.3 Å². The number of hydrogen-bond acceptors (Lipinski definition) is 0. The molecule has 1 radical (unpaired) electrons. The summed E-state index contributed by atoms with van der Waals surface area (Å²) < 4.78 is 0. The topological polar surface area (TPSA) is 0 Å². The van der Waals surface area contributed by atoms with E-state index in [0.717, 1.165) is 17.8 Å². The third kappa shape index (κ3) is 0.460. The highest BCUT2D eigenvalue weighted by Gasteiger charge is 2.32. The Bertz CT molecular complexity index is 124. The largest absolute Gasteiger partial charge is 0.0848 e. The number of rotatable bonds is 0. The molecule has 0 aromatic heterocycles. The number of hydrogen-bond donors (Lipinski definition) is 0. The molecule has 1 saturated carbocycles. The van der Waals surface area contributed by atoms with Crippen molar-refractivity contribution in [2.75, 3.05) is 0 Å². The Hall–Kier alpha value is -0.260. The minimum absolute atomic E-state index is 0.843. The minimum atomic E-state index is 0.843. The van der Waals surface area contributed by atoms with Crippen LogP contribution < -0.4 is 0 Å². The van der Waals surface area contributed by atoms with Gasteiger partial charge >= 0.3 is 0 Å². The second kappa shape index (κ2) is 1.37. The monoisotopic (exact) mass is 107 g/mol. The van der Waals surface area contributed by atoms with Crippen LogP contribution in [0.2, 0.25) is 0 Å². The van der Waals surface area contributed by atoms with Gasteiger partial charge in [0.25, 0.3) is 0 Å². The molecule has 2 aliphatic rings. The van der Waals surface area contributed by atoms with Crippen molar-refractivity contribution >= 4 is 0 Å². The number of allylic oxidation sites excluding steroid dienone is 2. The van der Waals surface area contributed by atoms with E-state index in [1.165, 1.54) is 6.42 Å². The van der Waals surface area contributed by atoms with E-state index in [4.69, 9.17) is 0 Å². The van der Waals surface area contributed by atoms with Crippen LogP contribution in [0.25, 0.3) is 0 Å². The molecule has 0 aliphatic heterocycles.